The molecule has 0 saturated heterocycles. The lowest BCUT2D eigenvalue weighted by Gasteiger charge is -2.29. The predicted octanol–water partition coefficient (Wildman–Crippen LogP) is 2.87. The molecule has 0 heterocycles. The Kier molecular flexibility index (Phi) is 5.20. The minimum atomic E-state index is -0.988. The summed E-state index contributed by atoms with van der Waals surface area (Å²) in [6, 6.07) is 8.85. The normalized spacial score (nSPS) is 10.7. The highest BCUT2D eigenvalue weighted by atomic mass is 35.5. The average molecular weight is 281 g/mol. The molecular weight excluding hydrogens is 264 g/mol. The molecule has 0 aliphatic carbocycles. The number of carbonyl (C=O) groups excluding carboxylic acids is 1. The topological polar surface area (TPSA) is 53.3 Å². The van der Waals surface area contributed by atoms with Gasteiger partial charge in [-0.1, -0.05) is 11.6 Å². The lowest BCUT2D eigenvalue weighted by atomic mass is 10.1. The fraction of sp³-hybridized carbons (Fsp3) is 0.429. The van der Waals surface area contributed by atoms with Crippen LogP contribution >= 0.6 is 11.6 Å². The van der Waals surface area contributed by atoms with Gasteiger partial charge < -0.3 is 9.64 Å². The van der Waals surface area contributed by atoms with Crippen molar-refractivity contribution in [2.45, 2.75) is 25.9 Å². The molecule has 0 bridgehead atoms. The number of hydrogen-bond acceptors (Lipinski definition) is 3. The van der Waals surface area contributed by atoms with Gasteiger partial charge in [-0.3, -0.25) is 4.79 Å². The maximum absolute atomic E-state index is 12.2. The van der Waals surface area contributed by atoms with Crippen LogP contribution in [0.25, 0.3) is 0 Å². The van der Waals surface area contributed by atoms with Crippen molar-refractivity contribution >= 4 is 17.5 Å². The van der Waals surface area contributed by atoms with Crippen molar-refractivity contribution in [3.63, 3.8) is 0 Å². The van der Waals surface area contributed by atoms with Crippen LogP contribution < -0.4 is 4.74 Å². The van der Waals surface area contributed by atoms with E-state index in [0.29, 0.717) is 23.7 Å². The molecule has 0 aliphatic heterocycles. The van der Waals surface area contributed by atoms with E-state index in [0.717, 1.165) is 0 Å². The standard InChI is InChI=1S/C14H17ClN2O2/c1-14(2,13(18)17(3)10-4-9-16)19-12-7-5-11(15)6-8-12/h5-8H,4,10H2,1-3H3. The number of carbonyl (C=O) groups is 1. The van der Waals surface area contributed by atoms with E-state index in [1.54, 1.807) is 45.2 Å². The molecule has 0 aliphatic rings. The van der Waals surface area contributed by atoms with Crippen molar-refractivity contribution in [1.29, 1.82) is 5.26 Å². The minimum absolute atomic E-state index is 0.169. The number of amides is 1. The summed E-state index contributed by atoms with van der Waals surface area (Å²) < 4.78 is 5.69. The second kappa shape index (κ2) is 6.44. The first-order valence-corrected chi connectivity index (χ1v) is 6.31. The molecule has 0 spiro atoms. The molecule has 1 aromatic carbocycles. The number of ether oxygens (including phenoxy) is 1. The van der Waals surface area contributed by atoms with Crippen LogP contribution in [0.4, 0.5) is 0 Å². The van der Waals surface area contributed by atoms with Crippen molar-refractivity contribution in [1.82, 2.24) is 4.90 Å². The average Bonchev–Trinajstić information content (AvgIpc) is 2.37. The quantitative estimate of drug-likeness (QED) is 0.833. The molecule has 0 fully saturated rings. The highest BCUT2D eigenvalue weighted by Crippen LogP contribution is 2.22. The predicted molar refractivity (Wildman–Crippen MR) is 74.0 cm³/mol. The zero-order valence-corrected chi connectivity index (χ0v) is 12.1. The number of nitrogens with zero attached hydrogens (tertiary/aromatic N) is 2. The van der Waals surface area contributed by atoms with Crippen LogP contribution in [0, 0.1) is 11.3 Å². The Hall–Kier alpha value is -1.73. The summed E-state index contributed by atoms with van der Waals surface area (Å²) in [6.45, 7) is 3.79. The van der Waals surface area contributed by atoms with Crippen LogP contribution in [-0.2, 0) is 4.79 Å². The van der Waals surface area contributed by atoms with E-state index in [1.165, 1.54) is 4.90 Å². The molecule has 0 unspecified atom stereocenters. The third kappa shape index (κ3) is 4.46. The van der Waals surface area contributed by atoms with Crippen LogP contribution in [0.1, 0.15) is 20.3 Å². The lowest BCUT2D eigenvalue weighted by Crippen LogP contribution is -2.47. The Morgan fingerprint density at radius 3 is 2.53 bits per heavy atom. The molecule has 5 heteroatoms. The van der Waals surface area contributed by atoms with Gasteiger partial charge in [0.2, 0.25) is 0 Å². The molecule has 1 rings (SSSR count). The van der Waals surface area contributed by atoms with E-state index in [2.05, 4.69) is 0 Å². The van der Waals surface area contributed by atoms with Crippen LogP contribution in [-0.4, -0.2) is 30.0 Å². The monoisotopic (exact) mass is 280 g/mol. The first-order valence-electron chi connectivity index (χ1n) is 5.94. The number of likely N-dealkylation sites (N-methyl/N-ethyl adjacent to an activating group) is 1. The Bertz CT molecular complexity index is 477. The van der Waals surface area contributed by atoms with Crippen molar-refractivity contribution < 1.29 is 9.53 Å². The molecule has 0 radical (unpaired) electrons. The molecule has 1 amide bonds. The summed E-state index contributed by atoms with van der Waals surface area (Å²) in [5.74, 6) is 0.411. The van der Waals surface area contributed by atoms with Gasteiger partial charge in [-0.25, -0.2) is 0 Å². The highest BCUT2D eigenvalue weighted by molar-refractivity contribution is 6.30. The molecule has 4 nitrogen and oxygen atoms in total. The SMILES string of the molecule is CN(CCC#N)C(=O)C(C)(C)Oc1ccc(Cl)cc1. The number of halogens is 1. The van der Waals surface area contributed by atoms with E-state index in [9.17, 15) is 4.79 Å². The van der Waals surface area contributed by atoms with Crippen molar-refractivity contribution in [3.8, 4) is 11.8 Å². The Balaban J connectivity index is 2.72. The summed E-state index contributed by atoms with van der Waals surface area (Å²) in [7, 11) is 1.66. The number of nitriles is 1. The second-order valence-corrected chi connectivity index (χ2v) is 5.14. The van der Waals surface area contributed by atoms with Gasteiger partial charge in [-0.2, -0.15) is 5.26 Å². The van der Waals surface area contributed by atoms with Gasteiger partial charge in [0.1, 0.15) is 5.75 Å². The van der Waals surface area contributed by atoms with Crippen LogP contribution in [0.2, 0.25) is 5.02 Å². The third-order valence-corrected chi connectivity index (χ3v) is 2.86. The van der Waals surface area contributed by atoms with E-state index in [1.807, 2.05) is 6.07 Å². The van der Waals surface area contributed by atoms with Gasteiger partial charge in [-0.05, 0) is 38.1 Å². The van der Waals surface area contributed by atoms with E-state index < -0.39 is 5.60 Å². The van der Waals surface area contributed by atoms with Gasteiger partial charge in [0.05, 0.1) is 12.5 Å². The summed E-state index contributed by atoms with van der Waals surface area (Å²) in [6.07, 6.45) is 0.305. The Morgan fingerprint density at radius 1 is 1.42 bits per heavy atom. The minimum Gasteiger partial charge on any atom is -0.478 e. The summed E-state index contributed by atoms with van der Waals surface area (Å²) >= 11 is 5.79. The molecule has 19 heavy (non-hydrogen) atoms. The molecular formula is C14H17ClN2O2. The smallest absolute Gasteiger partial charge is 0.265 e. The van der Waals surface area contributed by atoms with Crippen LogP contribution in [0.3, 0.4) is 0 Å². The summed E-state index contributed by atoms with van der Waals surface area (Å²) in [5, 5.41) is 9.14. The van der Waals surface area contributed by atoms with E-state index in [-0.39, 0.29) is 5.91 Å². The summed E-state index contributed by atoms with van der Waals surface area (Å²) in [4.78, 5) is 13.7. The van der Waals surface area contributed by atoms with E-state index in [4.69, 9.17) is 21.6 Å². The van der Waals surface area contributed by atoms with Crippen LogP contribution in [0.5, 0.6) is 5.75 Å². The molecule has 0 saturated carbocycles. The fourth-order valence-electron chi connectivity index (χ4n) is 1.62. The molecule has 0 aromatic heterocycles. The summed E-state index contributed by atoms with van der Waals surface area (Å²) in [5.41, 5.74) is -0.988. The van der Waals surface area contributed by atoms with Crippen molar-refractivity contribution in [2.75, 3.05) is 13.6 Å². The Labute approximate surface area is 118 Å². The van der Waals surface area contributed by atoms with Gasteiger partial charge >= 0.3 is 0 Å². The highest BCUT2D eigenvalue weighted by Gasteiger charge is 2.32. The van der Waals surface area contributed by atoms with Crippen molar-refractivity contribution in [3.05, 3.63) is 29.3 Å². The van der Waals surface area contributed by atoms with Crippen molar-refractivity contribution in [2.24, 2.45) is 0 Å². The van der Waals surface area contributed by atoms with Gasteiger partial charge in [0, 0.05) is 18.6 Å². The van der Waals surface area contributed by atoms with E-state index >= 15 is 0 Å². The third-order valence-electron chi connectivity index (χ3n) is 2.61. The second-order valence-electron chi connectivity index (χ2n) is 4.70. The fourth-order valence-corrected chi connectivity index (χ4v) is 1.75. The zero-order valence-electron chi connectivity index (χ0n) is 11.3. The Morgan fingerprint density at radius 2 is 2.00 bits per heavy atom. The molecule has 0 N–H and O–H groups in total. The van der Waals surface area contributed by atoms with Crippen LogP contribution in [0.15, 0.2) is 24.3 Å². The maximum Gasteiger partial charge on any atom is 0.265 e. The number of benzene rings is 1. The number of hydrogen-bond donors (Lipinski definition) is 0. The van der Waals surface area contributed by atoms with Gasteiger partial charge in [-0.15, -0.1) is 0 Å². The number of rotatable bonds is 5. The molecule has 102 valence electrons. The largest absolute Gasteiger partial charge is 0.478 e. The lowest BCUT2D eigenvalue weighted by molar-refractivity contribution is -0.144. The maximum atomic E-state index is 12.2. The molecule has 0 atom stereocenters. The first-order chi connectivity index (χ1) is 8.86. The zero-order chi connectivity index (χ0) is 14.5. The molecule has 1 aromatic rings. The first kappa shape index (κ1) is 15.3. The van der Waals surface area contributed by atoms with Gasteiger partial charge in [0.15, 0.2) is 5.60 Å². The van der Waals surface area contributed by atoms with Gasteiger partial charge in [0.25, 0.3) is 5.91 Å².